The molecule has 1 aromatic carbocycles. The summed E-state index contributed by atoms with van der Waals surface area (Å²) in [6.45, 7) is 4.33. The van der Waals surface area contributed by atoms with Crippen LogP contribution in [0, 0.1) is 6.92 Å². The van der Waals surface area contributed by atoms with Crippen molar-refractivity contribution in [2.75, 3.05) is 11.9 Å². The van der Waals surface area contributed by atoms with Gasteiger partial charge in [-0.05, 0) is 43.2 Å². The van der Waals surface area contributed by atoms with Crippen molar-refractivity contribution < 1.29 is 0 Å². The summed E-state index contributed by atoms with van der Waals surface area (Å²) in [6, 6.07) is 13.1. The van der Waals surface area contributed by atoms with Crippen molar-refractivity contribution in [2.24, 2.45) is 0 Å². The van der Waals surface area contributed by atoms with Crippen molar-refractivity contribution in [3.63, 3.8) is 0 Å². The fourth-order valence-corrected chi connectivity index (χ4v) is 2.56. The zero-order valence-corrected chi connectivity index (χ0v) is 11.6. The Balaban J connectivity index is 0.00000144. The van der Waals surface area contributed by atoms with E-state index in [2.05, 4.69) is 62.2 Å². The van der Waals surface area contributed by atoms with Gasteiger partial charge in [0.2, 0.25) is 0 Å². The van der Waals surface area contributed by atoms with E-state index < -0.39 is 0 Å². The molecule has 0 saturated carbocycles. The van der Waals surface area contributed by atoms with Crippen LogP contribution >= 0.6 is 11.3 Å². The molecule has 0 bridgehead atoms. The van der Waals surface area contributed by atoms with Crippen molar-refractivity contribution in [1.82, 2.24) is 6.15 Å². The average Bonchev–Trinajstić information content (AvgIpc) is 2.75. The lowest BCUT2D eigenvalue weighted by Crippen LogP contribution is -2.07. The first-order valence-electron chi connectivity index (χ1n) is 5.60. The number of benzene rings is 1. The van der Waals surface area contributed by atoms with Gasteiger partial charge in [-0.25, -0.2) is 0 Å². The van der Waals surface area contributed by atoms with E-state index in [-0.39, 0.29) is 6.15 Å². The van der Waals surface area contributed by atoms with Crippen LogP contribution in [0.4, 0.5) is 10.7 Å². The third-order valence-corrected chi connectivity index (χ3v) is 3.84. The fourth-order valence-electron chi connectivity index (χ4n) is 1.71. The average molecular weight is 248 g/mol. The molecule has 92 valence electrons. The van der Waals surface area contributed by atoms with Crippen LogP contribution in [0.2, 0.25) is 0 Å². The summed E-state index contributed by atoms with van der Waals surface area (Å²) in [5, 5.41) is 1.30. The van der Waals surface area contributed by atoms with E-state index in [4.69, 9.17) is 0 Å². The van der Waals surface area contributed by atoms with Gasteiger partial charge in [0.1, 0.15) is 0 Å². The van der Waals surface area contributed by atoms with Crippen molar-refractivity contribution in [2.45, 2.75) is 20.3 Å². The molecule has 0 atom stereocenters. The molecule has 1 heterocycles. The Morgan fingerprint density at radius 1 is 1.18 bits per heavy atom. The summed E-state index contributed by atoms with van der Waals surface area (Å²) in [5.41, 5.74) is 2.65. The molecule has 3 N–H and O–H groups in total. The van der Waals surface area contributed by atoms with E-state index in [9.17, 15) is 0 Å². The monoisotopic (exact) mass is 248 g/mol. The summed E-state index contributed by atoms with van der Waals surface area (Å²) in [6.07, 6.45) is 1.09. The quantitative estimate of drug-likeness (QED) is 0.865. The van der Waals surface area contributed by atoms with Crippen LogP contribution in [0.25, 0.3) is 0 Å². The SMILES string of the molecule is CCc1cccc(N(C)c2ccc(C)s2)c1.N. The standard InChI is InChI=1S/C14H17NS.H3N/c1-4-12-6-5-7-13(10-12)15(3)14-9-8-11(2)16-14;/h5-10H,4H2,1-3H3;1H3. The van der Waals surface area contributed by atoms with Gasteiger partial charge >= 0.3 is 0 Å². The minimum Gasteiger partial charge on any atom is -0.344 e. The normalized spacial score (nSPS) is 9.82. The first kappa shape index (κ1) is 13.7. The highest BCUT2D eigenvalue weighted by Gasteiger charge is 2.05. The summed E-state index contributed by atoms with van der Waals surface area (Å²) >= 11 is 1.83. The topological polar surface area (TPSA) is 38.2 Å². The summed E-state index contributed by atoms with van der Waals surface area (Å²) in [4.78, 5) is 3.60. The lowest BCUT2D eigenvalue weighted by molar-refractivity contribution is 1.13. The summed E-state index contributed by atoms with van der Waals surface area (Å²) < 4.78 is 0. The summed E-state index contributed by atoms with van der Waals surface area (Å²) in [7, 11) is 2.13. The van der Waals surface area contributed by atoms with Gasteiger partial charge in [0.25, 0.3) is 0 Å². The number of thiophene rings is 1. The molecular formula is C14H20N2S. The van der Waals surface area contributed by atoms with Gasteiger partial charge in [-0.1, -0.05) is 19.1 Å². The maximum atomic E-state index is 2.26. The Bertz CT molecular complexity index is 477. The predicted molar refractivity (Wildman–Crippen MR) is 78.0 cm³/mol. The number of nitrogens with zero attached hydrogens (tertiary/aromatic N) is 1. The third-order valence-electron chi connectivity index (χ3n) is 2.76. The first-order chi connectivity index (χ1) is 7.70. The van der Waals surface area contributed by atoms with E-state index in [0.29, 0.717) is 0 Å². The highest BCUT2D eigenvalue weighted by atomic mass is 32.1. The Morgan fingerprint density at radius 2 is 1.94 bits per heavy atom. The maximum Gasteiger partial charge on any atom is 0.0953 e. The summed E-state index contributed by atoms with van der Waals surface area (Å²) in [5.74, 6) is 0. The Morgan fingerprint density at radius 3 is 2.53 bits per heavy atom. The molecule has 3 heteroatoms. The van der Waals surface area contributed by atoms with Crippen LogP contribution in [0.1, 0.15) is 17.4 Å². The number of anilines is 2. The Kier molecular flexibility index (Phi) is 4.73. The minimum atomic E-state index is 0. The highest BCUT2D eigenvalue weighted by Crippen LogP contribution is 2.30. The smallest absolute Gasteiger partial charge is 0.0953 e. The molecule has 0 unspecified atom stereocenters. The van der Waals surface area contributed by atoms with Gasteiger partial charge in [-0.2, -0.15) is 0 Å². The van der Waals surface area contributed by atoms with Crippen molar-refractivity contribution >= 4 is 22.0 Å². The highest BCUT2D eigenvalue weighted by molar-refractivity contribution is 7.16. The van der Waals surface area contributed by atoms with Crippen LogP contribution in [-0.2, 0) is 6.42 Å². The van der Waals surface area contributed by atoms with Gasteiger partial charge in [-0.3, -0.25) is 0 Å². The van der Waals surface area contributed by atoms with Crippen LogP contribution in [-0.4, -0.2) is 7.05 Å². The molecule has 0 aliphatic heterocycles. The third kappa shape index (κ3) is 3.08. The molecule has 17 heavy (non-hydrogen) atoms. The molecule has 2 aromatic rings. The number of hydrogen-bond acceptors (Lipinski definition) is 3. The zero-order chi connectivity index (χ0) is 11.5. The number of aryl methyl sites for hydroxylation is 2. The Hall–Kier alpha value is -1.32. The largest absolute Gasteiger partial charge is 0.344 e. The van der Waals surface area contributed by atoms with Crippen molar-refractivity contribution in [3.8, 4) is 0 Å². The molecule has 0 saturated heterocycles. The first-order valence-corrected chi connectivity index (χ1v) is 6.41. The van der Waals surface area contributed by atoms with E-state index in [0.717, 1.165) is 6.42 Å². The number of rotatable bonds is 3. The van der Waals surface area contributed by atoms with Crippen LogP contribution in [0.5, 0.6) is 0 Å². The molecule has 0 fully saturated rings. The molecule has 1 aromatic heterocycles. The van der Waals surface area contributed by atoms with Gasteiger partial charge in [0.05, 0.1) is 5.00 Å². The van der Waals surface area contributed by atoms with E-state index >= 15 is 0 Å². The van der Waals surface area contributed by atoms with E-state index in [1.807, 2.05) is 11.3 Å². The van der Waals surface area contributed by atoms with Crippen molar-refractivity contribution in [1.29, 1.82) is 0 Å². The van der Waals surface area contributed by atoms with Crippen LogP contribution in [0.15, 0.2) is 36.4 Å². The molecule has 2 rings (SSSR count). The second kappa shape index (κ2) is 5.84. The predicted octanol–water partition coefficient (Wildman–Crippen LogP) is 4.55. The zero-order valence-electron chi connectivity index (χ0n) is 10.7. The second-order valence-corrected chi connectivity index (χ2v) is 5.23. The molecule has 0 amide bonds. The lowest BCUT2D eigenvalue weighted by Gasteiger charge is -2.17. The minimum absolute atomic E-state index is 0. The molecule has 2 nitrogen and oxygen atoms in total. The van der Waals surface area contributed by atoms with E-state index in [1.165, 1.54) is 21.1 Å². The molecule has 0 spiro atoms. The number of hydrogen-bond donors (Lipinski definition) is 1. The van der Waals surface area contributed by atoms with E-state index in [1.54, 1.807) is 0 Å². The van der Waals surface area contributed by atoms with Crippen LogP contribution < -0.4 is 11.1 Å². The molecule has 0 aliphatic rings. The fraction of sp³-hybridized carbons (Fsp3) is 0.286. The van der Waals surface area contributed by atoms with Crippen LogP contribution in [0.3, 0.4) is 0 Å². The molecule has 0 aliphatic carbocycles. The lowest BCUT2D eigenvalue weighted by atomic mass is 10.1. The molecule has 0 radical (unpaired) electrons. The van der Waals surface area contributed by atoms with Gasteiger partial charge in [0.15, 0.2) is 0 Å². The second-order valence-electron chi connectivity index (χ2n) is 3.97. The maximum absolute atomic E-state index is 2.26. The molecular weight excluding hydrogens is 228 g/mol. The Labute approximate surface area is 107 Å². The van der Waals surface area contributed by atoms with Gasteiger partial charge < -0.3 is 11.1 Å². The van der Waals surface area contributed by atoms with Gasteiger partial charge in [0, 0.05) is 17.6 Å². The van der Waals surface area contributed by atoms with Crippen molar-refractivity contribution in [3.05, 3.63) is 46.8 Å². The van der Waals surface area contributed by atoms with Gasteiger partial charge in [-0.15, -0.1) is 11.3 Å².